The van der Waals surface area contributed by atoms with Gasteiger partial charge in [-0.3, -0.25) is 0 Å². The van der Waals surface area contributed by atoms with Crippen LogP contribution in [0.15, 0.2) is 24.4 Å². The van der Waals surface area contributed by atoms with Crippen molar-refractivity contribution < 1.29 is 0 Å². The summed E-state index contributed by atoms with van der Waals surface area (Å²) < 4.78 is 0. The van der Waals surface area contributed by atoms with Crippen LogP contribution in [0.5, 0.6) is 0 Å². The molecule has 2 rings (SSSR count). The summed E-state index contributed by atoms with van der Waals surface area (Å²) in [5, 5.41) is 0. The molecule has 0 aromatic carbocycles. The fourth-order valence-electron chi connectivity index (χ4n) is 1.63. The maximum Gasteiger partial charge on any atom is 0.0290 e. The topological polar surface area (TPSA) is 15.8 Å². The van der Waals surface area contributed by atoms with Crippen molar-refractivity contribution in [3.8, 4) is 0 Å². The van der Waals surface area contributed by atoms with Gasteiger partial charge in [0.25, 0.3) is 0 Å². The van der Waals surface area contributed by atoms with Gasteiger partial charge in [-0.05, 0) is 18.1 Å². The number of H-pyrrole nitrogens is 1. The summed E-state index contributed by atoms with van der Waals surface area (Å²) in [5.74, 6) is 0.503. The molecule has 0 saturated heterocycles. The van der Waals surface area contributed by atoms with E-state index in [-0.39, 0.29) is 0 Å². The second-order valence-electron chi connectivity index (χ2n) is 3.33. The number of hydrogen-bond donors (Lipinski definition) is 1. The average molecular weight is 159 g/mol. The normalized spacial score (nSPS) is 20.7. The van der Waals surface area contributed by atoms with E-state index in [0.29, 0.717) is 5.92 Å². The van der Waals surface area contributed by atoms with Gasteiger partial charge in [0, 0.05) is 17.8 Å². The highest BCUT2D eigenvalue weighted by Gasteiger charge is 2.11. The van der Waals surface area contributed by atoms with Crippen molar-refractivity contribution in [1.82, 2.24) is 4.98 Å². The number of fused-ring (bicyclic) bond motifs is 1. The molecule has 1 unspecified atom stereocenters. The van der Waals surface area contributed by atoms with Crippen molar-refractivity contribution >= 4 is 6.08 Å². The molecule has 1 aromatic heterocycles. The zero-order valence-electron chi connectivity index (χ0n) is 7.46. The van der Waals surface area contributed by atoms with Crippen molar-refractivity contribution in [3.05, 3.63) is 41.2 Å². The highest BCUT2D eigenvalue weighted by molar-refractivity contribution is 5.60. The third-order valence-corrected chi connectivity index (χ3v) is 2.39. The van der Waals surface area contributed by atoms with Gasteiger partial charge in [0.05, 0.1) is 0 Å². The predicted octanol–water partition coefficient (Wildman–Crippen LogP) is 3.01. The molecular weight excluding hydrogens is 146 g/mol. The number of hydrogen-bond acceptors (Lipinski definition) is 0. The number of aromatic nitrogens is 1. The molecule has 0 spiro atoms. The Hall–Kier alpha value is -1.24. The predicted molar refractivity (Wildman–Crippen MR) is 52.1 cm³/mol. The lowest BCUT2D eigenvalue weighted by atomic mass is 10.0. The molecule has 1 nitrogen and oxygen atoms in total. The van der Waals surface area contributed by atoms with Crippen LogP contribution in [0.4, 0.5) is 0 Å². The Balaban J connectivity index is 2.58. The van der Waals surface area contributed by atoms with Crippen molar-refractivity contribution in [2.75, 3.05) is 0 Å². The Morgan fingerprint density at radius 2 is 2.17 bits per heavy atom. The quantitative estimate of drug-likeness (QED) is 0.599. The number of aryl methyl sites for hydroxylation is 1. The summed E-state index contributed by atoms with van der Waals surface area (Å²) in [4.78, 5) is 3.31. The zero-order chi connectivity index (χ0) is 8.55. The molecule has 1 atom stereocenters. The standard InChI is InChI=1S/C11H13N/c1-8-5-3-4-6-10-9(2)7-12-11(8)10/h3-8,12H,1-2H3. The van der Waals surface area contributed by atoms with E-state index in [1.807, 2.05) is 0 Å². The molecule has 1 aliphatic carbocycles. The highest BCUT2D eigenvalue weighted by Crippen LogP contribution is 2.25. The second-order valence-corrected chi connectivity index (χ2v) is 3.33. The number of nitrogens with one attached hydrogen (secondary N) is 1. The average Bonchev–Trinajstić information content (AvgIpc) is 2.30. The van der Waals surface area contributed by atoms with E-state index >= 15 is 0 Å². The van der Waals surface area contributed by atoms with Crippen LogP contribution in [0, 0.1) is 6.92 Å². The summed E-state index contributed by atoms with van der Waals surface area (Å²) in [6.07, 6.45) is 10.7. The Morgan fingerprint density at radius 1 is 1.33 bits per heavy atom. The van der Waals surface area contributed by atoms with Gasteiger partial charge in [0.15, 0.2) is 0 Å². The maximum absolute atomic E-state index is 3.31. The molecule has 0 amide bonds. The van der Waals surface area contributed by atoms with Crippen LogP contribution in [-0.2, 0) is 0 Å². The largest absolute Gasteiger partial charge is 0.364 e. The van der Waals surface area contributed by atoms with E-state index < -0.39 is 0 Å². The minimum atomic E-state index is 0.503. The fraction of sp³-hybridized carbons (Fsp3) is 0.273. The van der Waals surface area contributed by atoms with E-state index in [1.54, 1.807) is 0 Å². The Morgan fingerprint density at radius 3 is 3.00 bits per heavy atom. The van der Waals surface area contributed by atoms with E-state index in [2.05, 4.69) is 49.3 Å². The van der Waals surface area contributed by atoms with Gasteiger partial charge >= 0.3 is 0 Å². The van der Waals surface area contributed by atoms with Crippen LogP contribution in [0.2, 0.25) is 0 Å². The van der Waals surface area contributed by atoms with Crippen molar-refractivity contribution in [1.29, 1.82) is 0 Å². The highest BCUT2D eigenvalue weighted by atomic mass is 14.7. The monoisotopic (exact) mass is 159 g/mol. The first-order chi connectivity index (χ1) is 5.79. The van der Waals surface area contributed by atoms with Crippen molar-refractivity contribution in [3.63, 3.8) is 0 Å². The molecule has 0 radical (unpaired) electrons. The molecule has 62 valence electrons. The van der Waals surface area contributed by atoms with E-state index in [1.165, 1.54) is 16.8 Å². The number of allylic oxidation sites excluding steroid dienone is 3. The number of aromatic amines is 1. The van der Waals surface area contributed by atoms with Crippen LogP contribution in [0.25, 0.3) is 6.08 Å². The molecule has 12 heavy (non-hydrogen) atoms. The lowest BCUT2D eigenvalue weighted by Gasteiger charge is -2.03. The molecule has 1 aliphatic rings. The summed E-state index contributed by atoms with van der Waals surface area (Å²) in [6.45, 7) is 4.34. The smallest absolute Gasteiger partial charge is 0.0290 e. The Kier molecular flexibility index (Phi) is 1.65. The van der Waals surface area contributed by atoms with Crippen LogP contribution in [0.3, 0.4) is 0 Å². The van der Waals surface area contributed by atoms with E-state index in [4.69, 9.17) is 0 Å². The molecule has 1 heterocycles. The van der Waals surface area contributed by atoms with Gasteiger partial charge in [-0.15, -0.1) is 0 Å². The van der Waals surface area contributed by atoms with Crippen LogP contribution in [-0.4, -0.2) is 4.98 Å². The summed E-state index contributed by atoms with van der Waals surface area (Å²) in [6, 6.07) is 0. The molecule has 0 saturated carbocycles. The molecule has 0 fully saturated rings. The Labute approximate surface area is 72.8 Å². The fourth-order valence-corrected chi connectivity index (χ4v) is 1.63. The van der Waals surface area contributed by atoms with Gasteiger partial charge < -0.3 is 4.98 Å². The maximum atomic E-state index is 3.31. The first kappa shape index (κ1) is 7.41. The van der Waals surface area contributed by atoms with E-state index in [0.717, 1.165) is 0 Å². The molecule has 0 aliphatic heterocycles. The third-order valence-electron chi connectivity index (χ3n) is 2.39. The van der Waals surface area contributed by atoms with Crippen molar-refractivity contribution in [2.45, 2.75) is 19.8 Å². The SMILES string of the molecule is Cc1c[nH]c2c1C=CC=CC2C. The first-order valence-corrected chi connectivity index (χ1v) is 4.32. The summed E-state index contributed by atoms with van der Waals surface area (Å²) in [7, 11) is 0. The number of rotatable bonds is 0. The molecule has 1 aromatic rings. The second kappa shape index (κ2) is 2.67. The van der Waals surface area contributed by atoms with Gasteiger partial charge in [0.1, 0.15) is 0 Å². The molecule has 0 bridgehead atoms. The lowest BCUT2D eigenvalue weighted by Crippen LogP contribution is -1.90. The minimum absolute atomic E-state index is 0.503. The zero-order valence-corrected chi connectivity index (χ0v) is 7.46. The molecule has 1 heteroatoms. The van der Waals surface area contributed by atoms with Crippen molar-refractivity contribution in [2.24, 2.45) is 0 Å². The van der Waals surface area contributed by atoms with Gasteiger partial charge in [-0.2, -0.15) is 0 Å². The van der Waals surface area contributed by atoms with Crippen LogP contribution < -0.4 is 0 Å². The van der Waals surface area contributed by atoms with Gasteiger partial charge in [-0.25, -0.2) is 0 Å². The molecular formula is C11H13N. The summed E-state index contributed by atoms with van der Waals surface area (Å²) in [5.41, 5.74) is 4.02. The van der Waals surface area contributed by atoms with Crippen LogP contribution in [0.1, 0.15) is 29.7 Å². The van der Waals surface area contributed by atoms with Gasteiger partial charge in [-0.1, -0.05) is 31.2 Å². The lowest BCUT2D eigenvalue weighted by molar-refractivity contribution is 0.921. The minimum Gasteiger partial charge on any atom is -0.364 e. The first-order valence-electron chi connectivity index (χ1n) is 4.32. The van der Waals surface area contributed by atoms with E-state index in [9.17, 15) is 0 Å². The Bertz CT molecular complexity index is 342. The van der Waals surface area contributed by atoms with Gasteiger partial charge in [0.2, 0.25) is 0 Å². The third kappa shape index (κ3) is 1.02. The van der Waals surface area contributed by atoms with Crippen LogP contribution >= 0.6 is 0 Å². The molecule has 1 N–H and O–H groups in total. The summed E-state index contributed by atoms with van der Waals surface area (Å²) >= 11 is 0.